The average Bonchev–Trinajstić information content (AvgIpc) is 2.23. The summed E-state index contributed by atoms with van der Waals surface area (Å²) in [5.74, 6) is -0.963. The summed E-state index contributed by atoms with van der Waals surface area (Å²) in [6.45, 7) is 3.45. The molecule has 15 heavy (non-hydrogen) atoms. The van der Waals surface area contributed by atoms with Crippen LogP contribution in [0, 0.1) is 11.7 Å². The van der Waals surface area contributed by atoms with E-state index < -0.39 is 16.6 Å². The lowest BCUT2D eigenvalue weighted by Crippen LogP contribution is -2.34. The summed E-state index contributed by atoms with van der Waals surface area (Å²) in [4.78, 5) is 11.9. The van der Waals surface area contributed by atoms with Crippen molar-refractivity contribution in [3.8, 4) is 0 Å². The molecule has 80 valence electrons. The molecule has 0 saturated heterocycles. The molecule has 1 aromatic rings. The van der Waals surface area contributed by atoms with E-state index in [0.717, 1.165) is 0 Å². The quantitative estimate of drug-likeness (QED) is 0.679. The molecule has 1 aliphatic rings. The maximum absolute atomic E-state index is 13.5. The third-order valence-electron chi connectivity index (χ3n) is 2.89. The molecule has 1 heterocycles. The second-order valence-corrected chi connectivity index (χ2v) is 5.52. The van der Waals surface area contributed by atoms with Crippen molar-refractivity contribution in [1.29, 1.82) is 0 Å². The number of rotatable bonds is 0. The van der Waals surface area contributed by atoms with Crippen molar-refractivity contribution in [2.75, 3.05) is 0 Å². The summed E-state index contributed by atoms with van der Waals surface area (Å²) < 4.78 is 25.4. The zero-order valence-corrected chi connectivity index (χ0v) is 9.31. The van der Waals surface area contributed by atoms with Gasteiger partial charge in [-0.15, -0.1) is 0 Å². The second-order valence-electron chi connectivity index (χ2n) is 3.77. The van der Waals surface area contributed by atoms with E-state index >= 15 is 0 Å². The van der Waals surface area contributed by atoms with Crippen LogP contribution in [0.3, 0.4) is 0 Å². The van der Waals surface area contributed by atoms with Crippen molar-refractivity contribution in [3.05, 3.63) is 29.6 Å². The first-order chi connectivity index (χ1) is 7.04. The van der Waals surface area contributed by atoms with Crippen LogP contribution < -0.4 is 0 Å². The van der Waals surface area contributed by atoms with E-state index in [1.165, 1.54) is 12.1 Å². The number of carbonyl (C=O) groups excluding carboxylic acids is 1. The maximum Gasteiger partial charge on any atom is 0.168 e. The minimum Gasteiger partial charge on any atom is -0.294 e. The number of Topliss-reactive ketones (excluding diaryl/α,β-unsaturated/α-hetero) is 1. The number of carbonyl (C=O) groups is 1. The molecule has 3 atom stereocenters. The van der Waals surface area contributed by atoms with E-state index in [9.17, 15) is 13.4 Å². The molecule has 0 aliphatic carbocycles. The van der Waals surface area contributed by atoms with Crippen LogP contribution in [0.15, 0.2) is 23.1 Å². The highest BCUT2D eigenvalue weighted by atomic mass is 32.2. The summed E-state index contributed by atoms with van der Waals surface area (Å²) >= 11 is 0. The van der Waals surface area contributed by atoms with Gasteiger partial charge in [-0.1, -0.05) is 13.0 Å². The molecule has 2 nitrogen and oxygen atoms in total. The van der Waals surface area contributed by atoms with E-state index in [1.54, 1.807) is 19.9 Å². The Labute approximate surface area is 90.0 Å². The fraction of sp³-hybridized carbons (Fsp3) is 0.364. The molecule has 0 radical (unpaired) electrons. The minimum absolute atomic E-state index is 0.0769. The Morgan fingerprint density at radius 3 is 2.67 bits per heavy atom. The predicted octanol–water partition coefficient (Wildman–Crippen LogP) is 2.15. The van der Waals surface area contributed by atoms with Crippen molar-refractivity contribution in [3.63, 3.8) is 0 Å². The van der Waals surface area contributed by atoms with Crippen LogP contribution in [0.1, 0.15) is 24.2 Å². The largest absolute Gasteiger partial charge is 0.294 e. The number of fused-ring (bicyclic) bond motifs is 1. The Kier molecular flexibility index (Phi) is 2.46. The van der Waals surface area contributed by atoms with Crippen LogP contribution in [0.25, 0.3) is 0 Å². The fourth-order valence-corrected chi connectivity index (χ4v) is 3.25. The molecule has 1 aromatic carbocycles. The van der Waals surface area contributed by atoms with E-state index in [0.29, 0.717) is 0 Å². The highest BCUT2D eigenvalue weighted by molar-refractivity contribution is 7.86. The highest BCUT2D eigenvalue weighted by Crippen LogP contribution is 2.31. The Bertz CT molecular complexity index is 456. The average molecular weight is 226 g/mol. The van der Waals surface area contributed by atoms with Gasteiger partial charge in [-0.05, 0) is 19.1 Å². The lowest BCUT2D eigenvalue weighted by Gasteiger charge is -2.25. The Morgan fingerprint density at radius 1 is 1.33 bits per heavy atom. The normalized spacial score (nSPS) is 30.1. The van der Waals surface area contributed by atoms with E-state index in [1.807, 2.05) is 0 Å². The Hall–Kier alpha value is -1.03. The van der Waals surface area contributed by atoms with Crippen molar-refractivity contribution >= 4 is 16.6 Å². The molecule has 0 bridgehead atoms. The van der Waals surface area contributed by atoms with Crippen LogP contribution >= 0.6 is 0 Å². The standard InChI is InChI=1S/C11H11FO2S/c1-6-7(2)15(14)11-8(10(6)13)4-3-5-9(11)12/h3-7H,1-2H3. The number of hydrogen-bond acceptors (Lipinski definition) is 2. The van der Waals surface area contributed by atoms with Gasteiger partial charge in [0.1, 0.15) is 5.82 Å². The lowest BCUT2D eigenvalue weighted by atomic mass is 9.96. The molecular weight excluding hydrogens is 215 g/mol. The molecule has 0 fully saturated rings. The number of benzene rings is 1. The fourth-order valence-electron chi connectivity index (χ4n) is 1.74. The van der Waals surface area contributed by atoms with Crippen LogP contribution in [0.4, 0.5) is 4.39 Å². The lowest BCUT2D eigenvalue weighted by molar-refractivity contribution is 0.0921. The van der Waals surface area contributed by atoms with Crippen molar-refractivity contribution in [2.45, 2.75) is 24.0 Å². The van der Waals surface area contributed by atoms with Gasteiger partial charge in [0, 0.05) is 16.7 Å². The Balaban J connectivity index is 2.70. The van der Waals surface area contributed by atoms with Crippen molar-refractivity contribution < 1.29 is 13.4 Å². The van der Waals surface area contributed by atoms with Gasteiger partial charge in [0.2, 0.25) is 0 Å². The van der Waals surface area contributed by atoms with Gasteiger partial charge >= 0.3 is 0 Å². The van der Waals surface area contributed by atoms with Crippen LogP contribution in [0.5, 0.6) is 0 Å². The first-order valence-corrected chi connectivity index (χ1v) is 5.98. The summed E-state index contributed by atoms with van der Waals surface area (Å²) in [6.07, 6.45) is 0. The van der Waals surface area contributed by atoms with Crippen LogP contribution in [-0.2, 0) is 10.8 Å². The van der Waals surface area contributed by atoms with Gasteiger partial charge in [0.05, 0.1) is 15.7 Å². The number of halogens is 1. The van der Waals surface area contributed by atoms with Gasteiger partial charge in [0.15, 0.2) is 5.78 Å². The predicted molar refractivity (Wildman–Crippen MR) is 55.8 cm³/mol. The van der Waals surface area contributed by atoms with Gasteiger partial charge in [0.25, 0.3) is 0 Å². The van der Waals surface area contributed by atoms with Crippen molar-refractivity contribution in [2.24, 2.45) is 5.92 Å². The maximum atomic E-state index is 13.5. The van der Waals surface area contributed by atoms with Gasteiger partial charge < -0.3 is 0 Å². The molecular formula is C11H11FO2S. The van der Waals surface area contributed by atoms with Gasteiger partial charge in [-0.2, -0.15) is 0 Å². The molecule has 0 saturated carbocycles. The SMILES string of the molecule is CC1C(=O)c2cccc(F)c2S(=O)C1C. The number of hydrogen-bond donors (Lipinski definition) is 0. The summed E-state index contributed by atoms with van der Waals surface area (Å²) in [5.41, 5.74) is 0.277. The van der Waals surface area contributed by atoms with Crippen LogP contribution in [-0.4, -0.2) is 15.2 Å². The molecule has 3 unspecified atom stereocenters. The van der Waals surface area contributed by atoms with Gasteiger partial charge in [-0.3, -0.25) is 9.00 Å². The minimum atomic E-state index is -1.42. The third-order valence-corrected chi connectivity index (χ3v) is 4.79. The molecule has 4 heteroatoms. The van der Waals surface area contributed by atoms with Crippen molar-refractivity contribution in [1.82, 2.24) is 0 Å². The van der Waals surface area contributed by atoms with E-state index in [-0.39, 0.29) is 27.4 Å². The monoisotopic (exact) mass is 226 g/mol. The van der Waals surface area contributed by atoms with E-state index in [4.69, 9.17) is 0 Å². The van der Waals surface area contributed by atoms with E-state index in [2.05, 4.69) is 0 Å². The smallest absolute Gasteiger partial charge is 0.168 e. The molecule has 0 spiro atoms. The molecule has 0 amide bonds. The van der Waals surface area contributed by atoms with Gasteiger partial charge in [-0.25, -0.2) is 4.39 Å². The highest BCUT2D eigenvalue weighted by Gasteiger charge is 2.36. The zero-order valence-electron chi connectivity index (χ0n) is 8.49. The number of ketones is 1. The summed E-state index contributed by atoms with van der Waals surface area (Å²) in [7, 11) is -1.42. The summed E-state index contributed by atoms with van der Waals surface area (Å²) in [5, 5.41) is -0.318. The van der Waals surface area contributed by atoms with Crippen LogP contribution in [0.2, 0.25) is 0 Å². The zero-order chi connectivity index (χ0) is 11.2. The topological polar surface area (TPSA) is 34.1 Å². The Morgan fingerprint density at radius 2 is 2.00 bits per heavy atom. The third kappa shape index (κ3) is 1.44. The molecule has 1 aliphatic heterocycles. The molecule has 0 aromatic heterocycles. The second kappa shape index (κ2) is 3.52. The first-order valence-electron chi connectivity index (χ1n) is 4.77. The first kappa shape index (κ1) is 10.5. The molecule has 2 rings (SSSR count). The molecule has 0 N–H and O–H groups in total. The summed E-state index contributed by atoms with van der Waals surface area (Å²) in [6, 6.07) is 4.26.